The zero-order chi connectivity index (χ0) is 17.6. The Morgan fingerprint density at radius 3 is 2.54 bits per heavy atom. The first-order valence-electron chi connectivity index (χ1n) is 9.46. The van der Waals surface area contributed by atoms with Gasteiger partial charge in [-0.25, -0.2) is 0 Å². The number of ether oxygens (including phenoxy) is 3. The smallest absolute Gasteiger partial charge is 0.160 e. The fraction of sp³-hybridized carbons (Fsp3) is 0.700. The second-order valence-corrected chi connectivity index (χ2v) is 7.14. The second-order valence-electron chi connectivity index (χ2n) is 7.14. The molecule has 1 aliphatic carbocycles. The molecule has 3 atom stereocenters. The molecule has 26 heavy (non-hydrogen) atoms. The minimum Gasteiger partial charge on any atom is -0.493 e. The Balaban J connectivity index is 0.00000243. The molecule has 2 aliphatic rings. The van der Waals surface area contributed by atoms with E-state index in [-0.39, 0.29) is 18.5 Å². The van der Waals surface area contributed by atoms with Crippen LogP contribution in [0.4, 0.5) is 0 Å². The van der Waals surface area contributed by atoms with Crippen molar-refractivity contribution in [2.24, 2.45) is 0 Å². The van der Waals surface area contributed by atoms with Gasteiger partial charge in [0.05, 0.1) is 33.0 Å². The maximum Gasteiger partial charge on any atom is 0.160 e. The Morgan fingerprint density at radius 1 is 1.08 bits per heavy atom. The summed E-state index contributed by atoms with van der Waals surface area (Å²) in [4.78, 5) is 2.44. The first-order chi connectivity index (χ1) is 12.2. The number of nitrogens with zero attached hydrogens (tertiary/aromatic N) is 1. The van der Waals surface area contributed by atoms with E-state index in [2.05, 4.69) is 11.0 Å². The minimum absolute atomic E-state index is 0. The summed E-state index contributed by atoms with van der Waals surface area (Å²) in [6.07, 6.45) is 6.73. The van der Waals surface area contributed by atoms with Gasteiger partial charge in [0.1, 0.15) is 0 Å². The van der Waals surface area contributed by atoms with E-state index in [1.807, 2.05) is 12.1 Å². The predicted octanol–water partition coefficient (Wildman–Crippen LogP) is 3.06. The number of likely N-dealkylation sites (tertiary alicyclic amines) is 1. The molecule has 1 heterocycles. The van der Waals surface area contributed by atoms with Gasteiger partial charge in [0, 0.05) is 19.1 Å². The van der Waals surface area contributed by atoms with Crippen molar-refractivity contribution in [1.29, 1.82) is 0 Å². The standard InChI is InChI=1S/C20H31NO4.ClH/c1-23-19-8-7-15(13-20(19)24-2)10-12-25-18-6-4-3-5-17(18)21-11-9-16(22)14-21;/h7-8,13,16-18,22H,3-6,9-12,14H2,1-2H3;1H/t16-,17-,18+;/m1./s1/i1+1;. The Morgan fingerprint density at radius 2 is 1.85 bits per heavy atom. The van der Waals surface area contributed by atoms with Crippen LogP contribution in [0.15, 0.2) is 18.2 Å². The van der Waals surface area contributed by atoms with Gasteiger partial charge in [-0.1, -0.05) is 18.9 Å². The quantitative estimate of drug-likeness (QED) is 0.730. The van der Waals surface area contributed by atoms with E-state index in [1.54, 1.807) is 14.2 Å². The fourth-order valence-electron chi connectivity index (χ4n) is 4.12. The maximum absolute atomic E-state index is 9.83. The van der Waals surface area contributed by atoms with E-state index >= 15 is 0 Å². The lowest BCUT2D eigenvalue weighted by Gasteiger charge is -2.37. The average molecular weight is 387 g/mol. The average Bonchev–Trinajstić information content (AvgIpc) is 3.08. The number of rotatable bonds is 7. The number of methoxy groups -OCH3 is 2. The minimum atomic E-state index is -0.158. The molecule has 0 aromatic heterocycles. The van der Waals surface area contributed by atoms with E-state index in [0.717, 1.165) is 43.9 Å². The molecule has 5 nitrogen and oxygen atoms in total. The molecule has 0 spiro atoms. The van der Waals surface area contributed by atoms with Gasteiger partial charge in [0.2, 0.25) is 0 Å². The van der Waals surface area contributed by atoms with Gasteiger partial charge < -0.3 is 19.3 Å². The van der Waals surface area contributed by atoms with E-state index in [1.165, 1.54) is 24.8 Å². The number of hydrogen-bond acceptors (Lipinski definition) is 5. The molecule has 3 rings (SSSR count). The monoisotopic (exact) mass is 386 g/mol. The molecule has 148 valence electrons. The molecule has 1 aliphatic heterocycles. The normalized spacial score (nSPS) is 26.3. The molecule has 1 N–H and O–H groups in total. The molecule has 1 saturated heterocycles. The fourth-order valence-corrected chi connectivity index (χ4v) is 4.12. The molecular formula is C20H32ClNO4. The van der Waals surface area contributed by atoms with Gasteiger partial charge in [-0.3, -0.25) is 4.90 Å². The summed E-state index contributed by atoms with van der Waals surface area (Å²) >= 11 is 0. The number of hydrogen-bond donors (Lipinski definition) is 1. The number of halogens is 1. The summed E-state index contributed by atoms with van der Waals surface area (Å²) in [5, 5.41) is 9.83. The van der Waals surface area contributed by atoms with Crippen LogP contribution in [0.1, 0.15) is 37.7 Å². The summed E-state index contributed by atoms with van der Waals surface area (Å²) in [6, 6.07) is 6.51. The van der Waals surface area contributed by atoms with E-state index < -0.39 is 0 Å². The number of benzene rings is 1. The molecular weight excluding hydrogens is 355 g/mol. The molecule has 1 saturated carbocycles. The van der Waals surface area contributed by atoms with Crippen LogP contribution >= 0.6 is 12.4 Å². The van der Waals surface area contributed by atoms with Crippen molar-refractivity contribution in [3.8, 4) is 11.5 Å². The maximum atomic E-state index is 9.83. The van der Waals surface area contributed by atoms with E-state index in [4.69, 9.17) is 14.2 Å². The van der Waals surface area contributed by atoms with Gasteiger partial charge in [0.25, 0.3) is 0 Å². The second kappa shape index (κ2) is 10.4. The van der Waals surface area contributed by atoms with Crippen molar-refractivity contribution in [1.82, 2.24) is 4.90 Å². The topological polar surface area (TPSA) is 51.2 Å². The highest BCUT2D eigenvalue weighted by molar-refractivity contribution is 5.85. The first-order valence-corrected chi connectivity index (χ1v) is 9.46. The van der Waals surface area contributed by atoms with Crippen LogP contribution in [-0.4, -0.2) is 62.2 Å². The predicted molar refractivity (Wildman–Crippen MR) is 105 cm³/mol. The molecule has 6 heteroatoms. The summed E-state index contributed by atoms with van der Waals surface area (Å²) < 4.78 is 16.9. The van der Waals surface area contributed by atoms with Gasteiger partial charge >= 0.3 is 0 Å². The Hall–Kier alpha value is -1.01. The van der Waals surface area contributed by atoms with Gasteiger partial charge in [-0.05, 0) is 43.4 Å². The highest BCUT2D eigenvalue weighted by atomic mass is 35.5. The zero-order valence-corrected chi connectivity index (χ0v) is 16.7. The van der Waals surface area contributed by atoms with Crippen LogP contribution in [0.25, 0.3) is 0 Å². The highest BCUT2D eigenvalue weighted by Crippen LogP contribution is 2.30. The van der Waals surface area contributed by atoms with Crippen LogP contribution in [0.2, 0.25) is 0 Å². The Kier molecular flexibility index (Phi) is 8.48. The molecule has 0 unspecified atom stereocenters. The lowest BCUT2D eigenvalue weighted by Crippen LogP contribution is -2.46. The van der Waals surface area contributed by atoms with Crippen molar-refractivity contribution >= 4 is 12.4 Å². The van der Waals surface area contributed by atoms with Crippen LogP contribution < -0.4 is 9.47 Å². The van der Waals surface area contributed by atoms with Crippen LogP contribution in [0.5, 0.6) is 11.5 Å². The number of aliphatic hydroxyl groups is 1. The number of aliphatic hydroxyl groups excluding tert-OH is 1. The largest absolute Gasteiger partial charge is 0.493 e. The van der Waals surface area contributed by atoms with Crippen molar-refractivity contribution in [3.05, 3.63) is 23.8 Å². The lowest BCUT2D eigenvalue weighted by atomic mass is 9.91. The van der Waals surface area contributed by atoms with Crippen molar-refractivity contribution < 1.29 is 19.3 Å². The van der Waals surface area contributed by atoms with Crippen molar-refractivity contribution in [2.45, 2.75) is 56.8 Å². The zero-order valence-electron chi connectivity index (χ0n) is 15.9. The summed E-state index contributed by atoms with van der Waals surface area (Å²) in [5.41, 5.74) is 1.20. The molecule has 1 aromatic carbocycles. The van der Waals surface area contributed by atoms with Crippen LogP contribution in [0, 0.1) is 0 Å². The third-order valence-electron chi connectivity index (χ3n) is 5.50. The Labute approximate surface area is 163 Å². The molecule has 0 bridgehead atoms. The highest BCUT2D eigenvalue weighted by Gasteiger charge is 2.34. The van der Waals surface area contributed by atoms with Crippen molar-refractivity contribution in [2.75, 3.05) is 33.9 Å². The third kappa shape index (κ3) is 5.26. The summed E-state index contributed by atoms with van der Waals surface area (Å²) in [5.74, 6) is 1.52. The summed E-state index contributed by atoms with van der Waals surface area (Å²) in [7, 11) is 3.31. The van der Waals surface area contributed by atoms with Gasteiger partial charge in [-0.15, -0.1) is 12.4 Å². The summed E-state index contributed by atoms with van der Waals surface area (Å²) in [6.45, 7) is 2.52. The van der Waals surface area contributed by atoms with Gasteiger partial charge in [-0.2, -0.15) is 0 Å². The lowest BCUT2D eigenvalue weighted by molar-refractivity contribution is -0.0316. The SMILES string of the molecule is COc1cc(CCO[C@H]2CCCC[C@H]2N2CC[C@@H](O)C2)ccc1O[13CH3].Cl. The molecule has 1 aromatic rings. The van der Waals surface area contributed by atoms with E-state index in [9.17, 15) is 5.11 Å². The number of β-amino-alcohol motifs (C(OH)–C–C–N with tert-alkyl or cyclic N) is 1. The Bertz CT molecular complexity index is 557. The van der Waals surface area contributed by atoms with E-state index in [0.29, 0.717) is 18.8 Å². The molecule has 0 radical (unpaired) electrons. The third-order valence-corrected chi connectivity index (χ3v) is 5.50. The van der Waals surface area contributed by atoms with Crippen LogP contribution in [-0.2, 0) is 11.2 Å². The van der Waals surface area contributed by atoms with Gasteiger partial charge in [0.15, 0.2) is 11.5 Å². The molecule has 2 fully saturated rings. The first kappa shape index (κ1) is 21.3. The molecule has 0 amide bonds. The van der Waals surface area contributed by atoms with Crippen LogP contribution in [0.3, 0.4) is 0 Å². The van der Waals surface area contributed by atoms with Crippen molar-refractivity contribution in [3.63, 3.8) is 0 Å².